The van der Waals surface area contributed by atoms with Crippen molar-refractivity contribution in [2.75, 3.05) is 0 Å². The molecule has 1 rings (SSSR count). The fraction of sp³-hybridized carbons (Fsp3) is 0.143. The highest BCUT2D eigenvalue weighted by Gasteiger charge is 2.14. The van der Waals surface area contributed by atoms with Crippen molar-refractivity contribution in [1.82, 2.24) is 4.98 Å². The van der Waals surface area contributed by atoms with Crippen molar-refractivity contribution >= 4 is 17.7 Å². The number of aromatic nitrogens is 1. The van der Waals surface area contributed by atoms with E-state index >= 15 is 0 Å². The summed E-state index contributed by atoms with van der Waals surface area (Å²) in [5.41, 5.74) is 4.70. The van der Waals surface area contributed by atoms with Crippen LogP contribution in [0.1, 0.15) is 0 Å². The minimum absolute atomic E-state index is 0.0906. The van der Waals surface area contributed by atoms with Gasteiger partial charge in [-0.25, -0.2) is 9.78 Å². The first-order valence-corrected chi connectivity index (χ1v) is 3.94. The Morgan fingerprint density at radius 2 is 2.27 bits per heavy atom. The standard InChI is InChI=1S/C7H5ClF2N2O3/c8-3-1-4(14-7(11)13)5(12-2-3)15-6(9)10/h1-2,6H,(H2,11,13). The molecule has 1 aromatic rings. The normalized spacial score (nSPS) is 10.1. The van der Waals surface area contributed by atoms with Gasteiger partial charge in [0, 0.05) is 12.3 Å². The Labute approximate surface area is 87.7 Å². The molecule has 0 saturated carbocycles. The third kappa shape index (κ3) is 3.55. The van der Waals surface area contributed by atoms with Crippen LogP contribution in [0.5, 0.6) is 11.6 Å². The van der Waals surface area contributed by atoms with Gasteiger partial charge in [-0.05, 0) is 0 Å². The predicted octanol–water partition coefficient (Wildman–Crippen LogP) is 1.79. The van der Waals surface area contributed by atoms with E-state index in [-0.39, 0.29) is 10.8 Å². The van der Waals surface area contributed by atoms with Crippen LogP contribution in [-0.4, -0.2) is 17.7 Å². The lowest BCUT2D eigenvalue weighted by Gasteiger charge is -2.08. The molecule has 0 aliphatic heterocycles. The number of amides is 1. The lowest BCUT2D eigenvalue weighted by Crippen LogP contribution is -2.17. The maximum absolute atomic E-state index is 11.9. The van der Waals surface area contributed by atoms with E-state index in [1.54, 1.807) is 0 Å². The number of ether oxygens (including phenoxy) is 2. The third-order valence-electron chi connectivity index (χ3n) is 1.20. The molecule has 15 heavy (non-hydrogen) atoms. The zero-order valence-corrected chi connectivity index (χ0v) is 7.87. The van der Waals surface area contributed by atoms with E-state index in [0.29, 0.717) is 0 Å². The van der Waals surface area contributed by atoms with Crippen molar-refractivity contribution in [2.24, 2.45) is 5.73 Å². The smallest absolute Gasteiger partial charge is 0.410 e. The zero-order chi connectivity index (χ0) is 11.4. The van der Waals surface area contributed by atoms with E-state index in [0.717, 1.165) is 12.3 Å². The number of halogens is 3. The Hall–Kier alpha value is -1.63. The SMILES string of the molecule is NC(=O)Oc1cc(Cl)cnc1OC(F)F. The number of hydrogen-bond donors (Lipinski definition) is 1. The molecule has 1 aromatic heterocycles. The lowest BCUT2D eigenvalue weighted by atomic mass is 10.4. The molecular weight excluding hydrogens is 234 g/mol. The minimum atomic E-state index is -3.09. The fourth-order valence-electron chi connectivity index (χ4n) is 0.763. The average molecular weight is 239 g/mol. The van der Waals surface area contributed by atoms with Gasteiger partial charge in [0.25, 0.3) is 5.88 Å². The summed E-state index contributed by atoms with van der Waals surface area (Å²) >= 11 is 5.50. The number of nitrogens with two attached hydrogens (primary N) is 1. The van der Waals surface area contributed by atoms with Crippen LogP contribution in [0.4, 0.5) is 13.6 Å². The van der Waals surface area contributed by atoms with E-state index < -0.39 is 18.6 Å². The number of hydrogen-bond acceptors (Lipinski definition) is 4. The summed E-state index contributed by atoms with van der Waals surface area (Å²) < 4.78 is 32.1. The highest BCUT2D eigenvalue weighted by molar-refractivity contribution is 6.30. The molecule has 0 radical (unpaired) electrons. The fourth-order valence-corrected chi connectivity index (χ4v) is 0.910. The molecule has 0 fully saturated rings. The Balaban J connectivity index is 2.97. The Bertz CT molecular complexity index is 375. The number of nitrogens with zero attached hydrogens (tertiary/aromatic N) is 1. The predicted molar refractivity (Wildman–Crippen MR) is 46.1 cm³/mol. The van der Waals surface area contributed by atoms with E-state index in [1.165, 1.54) is 0 Å². The average Bonchev–Trinajstić information content (AvgIpc) is 2.08. The topological polar surface area (TPSA) is 74.4 Å². The molecular formula is C7H5ClF2N2O3. The lowest BCUT2D eigenvalue weighted by molar-refractivity contribution is -0.0541. The summed E-state index contributed by atoms with van der Waals surface area (Å²) in [5.74, 6) is -0.927. The van der Waals surface area contributed by atoms with Crippen molar-refractivity contribution in [3.05, 3.63) is 17.3 Å². The van der Waals surface area contributed by atoms with Crippen LogP contribution in [0.25, 0.3) is 0 Å². The molecule has 0 aliphatic carbocycles. The molecule has 0 bridgehead atoms. The van der Waals surface area contributed by atoms with Gasteiger partial charge in [0.2, 0.25) is 0 Å². The van der Waals surface area contributed by atoms with Crippen LogP contribution in [-0.2, 0) is 0 Å². The van der Waals surface area contributed by atoms with Gasteiger partial charge in [-0.1, -0.05) is 11.6 Å². The highest BCUT2D eigenvalue weighted by Crippen LogP contribution is 2.28. The van der Waals surface area contributed by atoms with Crippen LogP contribution in [0.3, 0.4) is 0 Å². The number of carbonyl (C=O) groups is 1. The van der Waals surface area contributed by atoms with E-state index in [4.69, 9.17) is 17.3 Å². The van der Waals surface area contributed by atoms with Gasteiger partial charge in [-0.15, -0.1) is 0 Å². The van der Waals surface area contributed by atoms with E-state index in [1.807, 2.05) is 0 Å². The zero-order valence-electron chi connectivity index (χ0n) is 7.12. The summed E-state index contributed by atoms with van der Waals surface area (Å²) in [6.45, 7) is -3.09. The molecule has 0 spiro atoms. The second-order valence-electron chi connectivity index (χ2n) is 2.26. The van der Waals surface area contributed by atoms with Crippen molar-refractivity contribution in [3.63, 3.8) is 0 Å². The van der Waals surface area contributed by atoms with Gasteiger partial charge >= 0.3 is 12.7 Å². The van der Waals surface area contributed by atoms with Gasteiger partial charge in [-0.2, -0.15) is 8.78 Å². The number of pyridine rings is 1. The first-order chi connectivity index (χ1) is 6.99. The van der Waals surface area contributed by atoms with Gasteiger partial charge in [-0.3, -0.25) is 0 Å². The van der Waals surface area contributed by atoms with Crippen LogP contribution in [0, 0.1) is 0 Å². The second kappa shape index (κ2) is 4.74. The molecule has 0 atom stereocenters. The van der Waals surface area contributed by atoms with Crippen molar-refractivity contribution in [2.45, 2.75) is 6.61 Å². The summed E-state index contributed by atoms with van der Waals surface area (Å²) in [7, 11) is 0. The third-order valence-corrected chi connectivity index (χ3v) is 1.40. The largest absolute Gasteiger partial charge is 0.413 e. The summed E-state index contributed by atoms with van der Waals surface area (Å²) in [6.07, 6.45) is -0.120. The van der Waals surface area contributed by atoms with Crippen LogP contribution >= 0.6 is 11.6 Å². The number of primary amides is 1. The maximum Gasteiger partial charge on any atom is 0.410 e. The van der Waals surface area contributed by atoms with E-state index in [9.17, 15) is 13.6 Å². The van der Waals surface area contributed by atoms with Crippen LogP contribution in [0.2, 0.25) is 5.02 Å². The maximum atomic E-state index is 11.9. The molecule has 1 amide bonds. The van der Waals surface area contributed by atoms with Crippen LogP contribution < -0.4 is 15.2 Å². The second-order valence-corrected chi connectivity index (χ2v) is 2.69. The summed E-state index contributed by atoms with van der Waals surface area (Å²) in [6, 6.07) is 1.08. The molecule has 1 heterocycles. The first-order valence-electron chi connectivity index (χ1n) is 3.56. The Kier molecular flexibility index (Phi) is 3.62. The van der Waals surface area contributed by atoms with Crippen molar-refractivity contribution < 1.29 is 23.0 Å². The molecule has 8 heteroatoms. The quantitative estimate of drug-likeness (QED) is 0.871. The molecule has 0 saturated heterocycles. The first kappa shape index (κ1) is 11.4. The Morgan fingerprint density at radius 1 is 1.60 bits per heavy atom. The van der Waals surface area contributed by atoms with Gasteiger partial charge < -0.3 is 15.2 Å². The molecule has 2 N–H and O–H groups in total. The van der Waals surface area contributed by atoms with Crippen molar-refractivity contribution in [1.29, 1.82) is 0 Å². The molecule has 5 nitrogen and oxygen atoms in total. The minimum Gasteiger partial charge on any atom is -0.413 e. The number of alkyl halides is 2. The number of carbonyl (C=O) groups excluding carboxylic acids is 1. The molecule has 0 aromatic carbocycles. The summed E-state index contributed by atoms with van der Waals surface area (Å²) in [4.78, 5) is 13.8. The van der Waals surface area contributed by atoms with E-state index in [2.05, 4.69) is 14.5 Å². The highest BCUT2D eigenvalue weighted by atomic mass is 35.5. The molecule has 0 unspecified atom stereocenters. The van der Waals surface area contributed by atoms with Gasteiger partial charge in [0.05, 0.1) is 5.02 Å². The molecule has 0 aliphatic rings. The molecule has 82 valence electrons. The number of rotatable bonds is 3. The van der Waals surface area contributed by atoms with Crippen LogP contribution in [0.15, 0.2) is 12.3 Å². The Morgan fingerprint density at radius 3 is 2.80 bits per heavy atom. The van der Waals surface area contributed by atoms with Gasteiger partial charge in [0.15, 0.2) is 5.75 Å². The monoisotopic (exact) mass is 238 g/mol. The van der Waals surface area contributed by atoms with Crippen molar-refractivity contribution in [3.8, 4) is 11.6 Å². The summed E-state index contributed by atoms with van der Waals surface area (Å²) in [5, 5.41) is 0.0906. The van der Waals surface area contributed by atoms with Gasteiger partial charge in [0.1, 0.15) is 0 Å².